The molecule has 15 heavy (non-hydrogen) atoms. The van der Waals surface area contributed by atoms with Gasteiger partial charge in [-0.3, -0.25) is 4.90 Å². The monoisotopic (exact) mass is 210 g/mol. The predicted molar refractivity (Wildman–Crippen MR) is 56.2 cm³/mol. The topological polar surface area (TPSA) is 54.2 Å². The maximum atomic E-state index is 4.98. The molecule has 0 saturated carbocycles. The van der Waals surface area contributed by atoms with Crippen LogP contribution in [0, 0.1) is 5.92 Å². The summed E-state index contributed by atoms with van der Waals surface area (Å²) in [4.78, 5) is 6.27. The Kier molecular flexibility index (Phi) is 3.69. The molecule has 0 radical (unpaired) electrons. The molecule has 0 atom stereocenters. The molecule has 84 valence electrons. The Morgan fingerprint density at radius 2 is 2.33 bits per heavy atom. The molecule has 1 aromatic rings. The van der Waals surface area contributed by atoms with Gasteiger partial charge in [0.25, 0.3) is 0 Å². The third kappa shape index (κ3) is 3.28. The number of nitrogens with one attached hydrogen (secondary N) is 1. The van der Waals surface area contributed by atoms with Crippen LogP contribution in [-0.2, 0) is 6.54 Å². The van der Waals surface area contributed by atoms with Crippen LogP contribution in [0.5, 0.6) is 0 Å². The van der Waals surface area contributed by atoms with E-state index in [9.17, 15) is 0 Å². The molecular formula is C10H18N4O. The third-order valence-electron chi connectivity index (χ3n) is 2.84. The van der Waals surface area contributed by atoms with Crippen LogP contribution in [0.2, 0.25) is 0 Å². The van der Waals surface area contributed by atoms with Crippen molar-refractivity contribution in [2.24, 2.45) is 5.92 Å². The smallest absolute Gasteiger partial charge is 0.240 e. The van der Waals surface area contributed by atoms with Crippen molar-refractivity contribution in [3.63, 3.8) is 0 Å². The summed E-state index contributed by atoms with van der Waals surface area (Å²) in [7, 11) is 2.10. The lowest BCUT2D eigenvalue weighted by atomic mass is 9.98. The van der Waals surface area contributed by atoms with Crippen molar-refractivity contribution in [2.45, 2.75) is 19.4 Å². The summed E-state index contributed by atoms with van der Waals surface area (Å²) in [5.74, 6) is 1.51. The molecule has 0 aromatic carbocycles. The van der Waals surface area contributed by atoms with E-state index in [4.69, 9.17) is 4.52 Å². The molecule has 0 unspecified atom stereocenters. The van der Waals surface area contributed by atoms with Crippen LogP contribution in [0.25, 0.3) is 0 Å². The van der Waals surface area contributed by atoms with Crippen molar-refractivity contribution in [3.05, 3.63) is 12.2 Å². The average molecular weight is 210 g/mol. The first-order valence-corrected chi connectivity index (χ1v) is 5.49. The highest BCUT2D eigenvalue weighted by atomic mass is 16.5. The molecule has 1 aliphatic rings. The van der Waals surface area contributed by atoms with E-state index < -0.39 is 0 Å². The number of piperidine rings is 1. The van der Waals surface area contributed by atoms with Crippen molar-refractivity contribution < 1.29 is 4.52 Å². The molecular weight excluding hydrogens is 192 g/mol. The molecule has 0 spiro atoms. The normalized spacial score (nSPS) is 18.5. The van der Waals surface area contributed by atoms with E-state index in [1.807, 2.05) is 0 Å². The second kappa shape index (κ2) is 5.23. The van der Waals surface area contributed by atoms with E-state index in [1.165, 1.54) is 19.2 Å². The summed E-state index contributed by atoms with van der Waals surface area (Å²) in [6, 6.07) is 0. The molecule has 1 aliphatic heterocycles. The Morgan fingerprint density at radius 3 is 3.00 bits per heavy atom. The van der Waals surface area contributed by atoms with Crippen LogP contribution in [-0.4, -0.2) is 41.7 Å². The van der Waals surface area contributed by atoms with Gasteiger partial charge in [-0.2, -0.15) is 4.98 Å². The van der Waals surface area contributed by atoms with Crippen molar-refractivity contribution >= 4 is 0 Å². The Labute approximate surface area is 89.8 Å². The number of hydrogen-bond acceptors (Lipinski definition) is 5. The van der Waals surface area contributed by atoms with Gasteiger partial charge in [-0.1, -0.05) is 5.16 Å². The van der Waals surface area contributed by atoms with E-state index in [0.717, 1.165) is 32.1 Å². The van der Waals surface area contributed by atoms with Gasteiger partial charge < -0.3 is 9.84 Å². The molecule has 2 rings (SSSR count). The maximum Gasteiger partial charge on any atom is 0.240 e. The zero-order valence-electron chi connectivity index (χ0n) is 9.15. The molecule has 2 heterocycles. The van der Waals surface area contributed by atoms with Crippen LogP contribution in [0.3, 0.4) is 0 Å². The van der Waals surface area contributed by atoms with Gasteiger partial charge in [0.15, 0.2) is 6.33 Å². The minimum atomic E-state index is 0.700. The Balaban J connectivity index is 1.74. The van der Waals surface area contributed by atoms with Crippen molar-refractivity contribution in [1.29, 1.82) is 0 Å². The molecule has 1 fully saturated rings. The van der Waals surface area contributed by atoms with E-state index in [0.29, 0.717) is 5.89 Å². The first-order valence-electron chi connectivity index (χ1n) is 5.49. The first-order chi connectivity index (χ1) is 7.34. The second-order valence-corrected chi connectivity index (χ2v) is 4.23. The van der Waals surface area contributed by atoms with Gasteiger partial charge >= 0.3 is 0 Å². The largest absolute Gasteiger partial charge is 0.338 e. The van der Waals surface area contributed by atoms with Gasteiger partial charge in [0.05, 0.1) is 6.54 Å². The van der Waals surface area contributed by atoms with E-state index in [-0.39, 0.29) is 0 Å². The van der Waals surface area contributed by atoms with Crippen molar-refractivity contribution in [2.75, 3.05) is 26.7 Å². The van der Waals surface area contributed by atoms with Gasteiger partial charge in [0, 0.05) is 6.54 Å². The SMILES string of the molecule is CN(Cc1ncno1)CC1CCNCC1. The Morgan fingerprint density at radius 1 is 1.53 bits per heavy atom. The number of hydrogen-bond donors (Lipinski definition) is 1. The molecule has 1 aromatic heterocycles. The Hall–Kier alpha value is -0.940. The Bertz CT molecular complexity index is 269. The number of rotatable bonds is 4. The third-order valence-corrected chi connectivity index (χ3v) is 2.84. The summed E-state index contributed by atoms with van der Waals surface area (Å²) in [6.07, 6.45) is 4.00. The second-order valence-electron chi connectivity index (χ2n) is 4.23. The lowest BCUT2D eigenvalue weighted by Gasteiger charge is -2.26. The fourth-order valence-corrected chi connectivity index (χ4v) is 2.07. The predicted octanol–water partition coefficient (Wildman–Crippen LogP) is 0.501. The molecule has 5 heteroatoms. The van der Waals surface area contributed by atoms with Crippen LogP contribution in [0.4, 0.5) is 0 Å². The average Bonchev–Trinajstić information content (AvgIpc) is 2.71. The van der Waals surface area contributed by atoms with Crippen LogP contribution < -0.4 is 5.32 Å². The van der Waals surface area contributed by atoms with E-state index in [2.05, 4.69) is 27.4 Å². The van der Waals surface area contributed by atoms with Crippen molar-refractivity contribution in [1.82, 2.24) is 20.4 Å². The van der Waals surface area contributed by atoms with Crippen LogP contribution in [0.1, 0.15) is 18.7 Å². The summed E-state index contributed by atoms with van der Waals surface area (Å²) in [5.41, 5.74) is 0. The summed E-state index contributed by atoms with van der Waals surface area (Å²) in [5, 5.41) is 6.97. The fourth-order valence-electron chi connectivity index (χ4n) is 2.07. The summed E-state index contributed by atoms with van der Waals surface area (Å²) < 4.78 is 4.98. The quantitative estimate of drug-likeness (QED) is 0.784. The molecule has 1 N–H and O–H groups in total. The molecule has 0 bridgehead atoms. The zero-order valence-corrected chi connectivity index (χ0v) is 9.15. The van der Waals surface area contributed by atoms with Gasteiger partial charge in [0.2, 0.25) is 5.89 Å². The lowest BCUT2D eigenvalue weighted by Crippen LogP contribution is -2.34. The molecule has 5 nitrogen and oxygen atoms in total. The lowest BCUT2D eigenvalue weighted by molar-refractivity contribution is 0.210. The minimum Gasteiger partial charge on any atom is -0.338 e. The highest BCUT2D eigenvalue weighted by Crippen LogP contribution is 2.13. The fraction of sp³-hybridized carbons (Fsp3) is 0.800. The van der Waals surface area contributed by atoms with Gasteiger partial charge in [0.1, 0.15) is 0 Å². The van der Waals surface area contributed by atoms with Gasteiger partial charge in [-0.05, 0) is 38.9 Å². The standard InChI is InChI=1S/C10H18N4O/c1-14(7-10-12-8-13-15-10)6-9-2-4-11-5-3-9/h8-9,11H,2-7H2,1H3. The number of aromatic nitrogens is 2. The maximum absolute atomic E-state index is 4.98. The molecule has 0 amide bonds. The van der Waals surface area contributed by atoms with Crippen LogP contribution in [0.15, 0.2) is 10.9 Å². The highest BCUT2D eigenvalue weighted by Gasteiger charge is 2.15. The van der Waals surface area contributed by atoms with E-state index >= 15 is 0 Å². The summed E-state index contributed by atoms with van der Waals surface area (Å²) >= 11 is 0. The first kappa shape index (κ1) is 10.6. The van der Waals surface area contributed by atoms with Crippen LogP contribution >= 0.6 is 0 Å². The molecule has 0 aliphatic carbocycles. The minimum absolute atomic E-state index is 0.700. The number of nitrogens with zero attached hydrogens (tertiary/aromatic N) is 3. The zero-order chi connectivity index (χ0) is 10.5. The van der Waals surface area contributed by atoms with Gasteiger partial charge in [-0.15, -0.1) is 0 Å². The van der Waals surface area contributed by atoms with Crippen molar-refractivity contribution in [3.8, 4) is 0 Å². The molecule has 1 saturated heterocycles. The summed E-state index contributed by atoms with van der Waals surface area (Å²) in [6.45, 7) is 4.17. The highest BCUT2D eigenvalue weighted by molar-refractivity contribution is 4.76. The van der Waals surface area contributed by atoms with Gasteiger partial charge in [-0.25, -0.2) is 0 Å². The van der Waals surface area contributed by atoms with E-state index in [1.54, 1.807) is 0 Å².